The molecule has 1 fully saturated rings. The molecule has 2 aromatic rings. The van der Waals surface area contributed by atoms with Crippen molar-refractivity contribution in [3.8, 4) is 0 Å². The van der Waals surface area contributed by atoms with Crippen LogP contribution in [0.3, 0.4) is 0 Å². The van der Waals surface area contributed by atoms with Crippen LogP contribution in [0.15, 0.2) is 35.6 Å². The third-order valence-electron chi connectivity index (χ3n) is 5.40. The summed E-state index contributed by atoms with van der Waals surface area (Å²) >= 11 is 1.01. The highest BCUT2D eigenvalue weighted by Crippen LogP contribution is 2.21. The number of hydrogen-bond acceptors (Lipinski definition) is 8. The second-order valence-corrected chi connectivity index (χ2v) is 10.2. The van der Waals surface area contributed by atoms with Crippen LogP contribution in [0.2, 0.25) is 0 Å². The number of aliphatic imine (C=N–C) groups is 1. The molecule has 3 heterocycles. The molecule has 1 saturated heterocycles. The molecule has 9 nitrogen and oxygen atoms in total. The average molecular weight is 484 g/mol. The van der Waals surface area contributed by atoms with Crippen molar-refractivity contribution in [2.75, 3.05) is 26.2 Å². The number of aromatic nitrogens is 2. The zero-order valence-corrected chi connectivity index (χ0v) is 20.7. The number of nitrogens with zero attached hydrogens (tertiary/aromatic N) is 4. The van der Waals surface area contributed by atoms with Crippen LogP contribution in [0, 0.1) is 10.8 Å². The zero-order valence-electron chi connectivity index (χ0n) is 19.9. The summed E-state index contributed by atoms with van der Waals surface area (Å²) < 4.78 is 0. The molecular weight excluding hydrogens is 448 g/mol. The fraction of sp³-hybridized carbons (Fsp3) is 0.458. The van der Waals surface area contributed by atoms with E-state index in [0.29, 0.717) is 11.3 Å². The van der Waals surface area contributed by atoms with Gasteiger partial charge in [0.1, 0.15) is 6.20 Å². The van der Waals surface area contributed by atoms with Crippen LogP contribution < -0.4 is 11.1 Å². The predicted molar refractivity (Wildman–Crippen MR) is 141 cm³/mol. The Kier molecular flexibility index (Phi) is 9.28. The van der Waals surface area contributed by atoms with Crippen LogP contribution in [0.4, 0.5) is 5.82 Å². The number of hydrogen-bond donors (Lipinski definition) is 5. The summed E-state index contributed by atoms with van der Waals surface area (Å²) in [6, 6.07) is 5.45. The summed E-state index contributed by atoms with van der Waals surface area (Å²) in [7, 11) is 0. The molecule has 7 N–H and O–H groups in total. The van der Waals surface area contributed by atoms with Crippen molar-refractivity contribution in [2.45, 2.75) is 45.1 Å². The maximum absolute atomic E-state index is 9.85. The van der Waals surface area contributed by atoms with Crippen molar-refractivity contribution in [3.05, 3.63) is 36.2 Å². The maximum Gasteiger partial charge on any atom is 0.166 e. The minimum absolute atomic E-state index is 0.189. The molecule has 10 heteroatoms. The van der Waals surface area contributed by atoms with E-state index >= 15 is 0 Å². The molecule has 0 saturated carbocycles. The van der Waals surface area contributed by atoms with Crippen molar-refractivity contribution >= 4 is 50.6 Å². The first-order valence-electron chi connectivity index (χ1n) is 11.6. The fourth-order valence-electron chi connectivity index (χ4n) is 3.78. The lowest BCUT2D eigenvalue weighted by Crippen LogP contribution is -2.78. The van der Waals surface area contributed by atoms with Crippen LogP contribution in [0.25, 0.3) is 16.6 Å². The van der Waals surface area contributed by atoms with Crippen molar-refractivity contribution in [2.24, 2.45) is 10.7 Å². The van der Waals surface area contributed by atoms with E-state index in [0.717, 1.165) is 47.9 Å². The van der Waals surface area contributed by atoms with E-state index in [1.54, 1.807) is 26.1 Å². The lowest BCUT2D eigenvalue weighted by molar-refractivity contribution is -0.587. The largest absolute Gasteiger partial charge is 0.390 e. The monoisotopic (exact) mass is 483 g/mol. The molecule has 0 atom stereocenters. The van der Waals surface area contributed by atoms with Gasteiger partial charge in [0.2, 0.25) is 0 Å². The molecule has 2 aromatic heterocycles. The van der Waals surface area contributed by atoms with Gasteiger partial charge >= 0.3 is 0 Å². The van der Waals surface area contributed by atoms with E-state index in [1.165, 1.54) is 32.1 Å². The van der Waals surface area contributed by atoms with Gasteiger partial charge in [-0.05, 0) is 69.7 Å². The number of pyridine rings is 2. The Labute approximate surface area is 205 Å². The Balaban J connectivity index is 1.65. The zero-order chi connectivity index (χ0) is 24.6. The highest BCUT2D eigenvalue weighted by atomic mass is 32.2. The highest BCUT2D eigenvalue weighted by Gasteiger charge is 2.17. The molecule has 0 aromatic carbocycles. The number of nitrogens with one attached hydrogen (secondary N) is 2. The molecular formula is C24H35N8OS+. The standard InChI is InChI=1S/C24H34N8OS/c1-24(2,33)13-21(26)34-23(27)31-22-7-6-19-20(30-22)12-17(16-29-19)18(14-25)15-28-8-5-11-32-9-3-4-10-32/h6-7,12,14-16,25-26,28,33H,3-5,8-11,13H2,1-2H3,(H2,27,30,31)/p+1/b18-15+,25-14?,26-21?. The minimum Gasteiger partial charge on any atom is -0.390 e. The smallest absolute Gasteiger partial charge is 0.166 e. The number of fused-ring (bicyclic) bond motifs is 1. The molecule has 0 amide bonds. The van der Waals surface area contributed by atoms with Crippen LogP contribution in [0.1, 0.15) is 45.1 Å². The van der Waals surface area contributed by atoms with Crippen LogP contribution >= 0.6 is 11.8 Å². The van der Waals surface area contributed by atoms with E-state index in [2.05, 4.69) is 25.2 Å². The van der Waals surface area contributed by atoms with Crippen molar-refractivity contribution in [3.63, 3.8) is 0 Å². The fourth-order valence-corrected chi connectivity index (χ4v) is 4.60. The number of nitrogens with two attached hydrogens (primary N) is 2. The topological polar surface area (TPSA) is 152 Å². The quantitative estimate of drug-likeness (QED) is 0.199. The highest BCUT2D eigenvalue weighted by molar-refractivity contribution is 8.26. The van der Waals surface area contributed by atoms with Gasteiger partial charge in [0.15, 0.2) is 11.0 Å². The van der Waals surface area contributed by atoms with E-state index < -0.39 is 5.60 Å². The summed E-state index contributed by atoms with van der Waals surface area (Å²) in [4.78, 5) is 15.8. The summed E-state index contributed by atoms with van der Waals surface area (Å²) in [6.07, 6.45) is 9.01. The number of thioether (sulfide) groups is 1. The van der Waals surface area contributed by atoms with Crippen LogP contribution in [0.5, 0.6) is 0 Å². The summed E-state index contributed by atoms with van der Waals surface area (Å²) in [5.41, 5.74) is 7.99. The molecule has 3 rings (SSSR count). The van der Waals surface area contributed by atoms with E-state index in [-0.39, 0.29) is 16.6 Å². The lowest BCUT2D eigenvalue weighted by atomic mass is 10.1. The lowest BCUT2D eigenvalue weighted by Gasteiger charge is -2.16. The van der Waals surface area contributed by atoms with Crippen LogP contribution in [-0.4, -0.2) is 68.2 Å². The van der Waals surface area contributed by atoms with Gasteiger partial charge < -0.3 is 26.5 Å². The third-order valence-corrected chi connectivity index (χ3v) is 6.09. The average Bonchev–Trinajstić information content (AvgIpc) is 3.28. The molecule has 0 aliphatic carbocycles. The predicted octanol–water partition coefficient (Wildman–Crippen LogP) is 2.49. The number of rotatable bonds is 10. The Morgan fingerprint density at radius 2 is 2.09 bits per heavy atom. The molecule has 0 bridgehead atoms. The van der Waals surface area contributed by atoms with Crippen LogP contribution in [-0.2, 0) is 0 Å². The Morgan fingerprint density at radius 1 is 1.32 bits per heavy atom. The first-order valence-corrected chi connectivity index (χ1v) is 12.4. The number of quaternary nitrogens is 1. The summed E-state index contributed by atoms with van der Waals surface area (Å²) in [6.45, 7) is 7.84. The van der Waals surface area contributed by atoms with Gasteiger partial charge in [-0.1, -0.05) is 0 Å². The Bertz CT molecular complexity index is 1070. The molecule has 0 radical (unpaired) electrons. The second-order valence-electron chi connectivity index (χ2n) is 9.09. The number of likely N-dealkylation sites (tertiary alicyclic amines) is 1. The van der Waals surface area contributed by atoms with Gasteiger partial charge in [0, 0.05) is 37.4 Å². The molecule has 182 valence electrons. The van der Waals surface area contributed by atoms with Crippen molar-refractivity contribution in [1.82, 2.24) is 14.9 Å². The number of aliphatic hydroxyl groups is 1. The summed E-state index contributed by atoms with van der Waals surface area (Å²) in [5, 5.41) is 28.2. The van der Waals surface area contributed by atoms with E-state index in [9.17, 15) is 5.11 Å². The second kappa shape index (κ2) is 12.2. The van der Waals surface area contributed by atoms with Gasteiger partial charge in [-0.15, -0.1) is 0 Å². The molecule has 0 spiro atoms. The van der Waals surface area contributed by atoms with Gasteiger partial charge in [-0.2, -0.15) is 0 Å². The minimum atomic E-state index is -0.973. The molecule has 1 aliphatic rings. The summed E-state index contributed by atoms with van der Waals surface area (Å²) in [5.74, 6) is 0.418. The molecule has 0 unspecified atom stereocenters. The van der Waals surface area contributed by atoms with Gasteiger partial charge in [-0.3, -0.25) is 10.4 Å². The number of allylic oxidation sites excluding steroid dienone is 1. The Morgan fingerprint density at radius 3 is 2.79 bits per heavy atom. The van der Waals surface area contributed by atoms with Crippen molar-refractivity contribution < 1.29 is 10.4 Å². The van der Waals surface area contributed by atoms with Gasteiger partial charge in [0.05, 0.1) is 33.8 Å². The third kappa shape index (κ3) is 8.28. The first-order chi connectivity index (χ1) is 16.2. The first kappa shape index (κ1) is 26.0. The van der Waals surface area contributed by atoms with Crippen molar-refractivity contribution in [1.29, 1.82) is 10.8 Å². The van der Waals surface area contributed by atoms with E-state index in [4.69, 9.17) is 16.6 Å². The Hall–Kier alpha value is -2.66. The van der Waals surface area contributed by atoms with Gasteiger partial charge in [0.25, 0.3) is 0 Å². The normalized spacial score (nSPS) is 15.7. The van der Waals surface area contributed by atoms with E-state index in [1.807, 2.05) is 18.3 Å². The maximum atomic E-state index is 9.85. The van der Waals surface area contributed by atoms with Gasteiger partial charge in [-0.25, -0.2) is 9.98 Å². The number of amidine groups is 1. The molecule has 1 aliphatic heterocycles. The SMILES string of the molecule is CC(C)(O)CC(=N)SC(N)=Nc1ccc2ncc(/C(C=N)=C/[NH2+]CCCN3CCCC3)cc2n1. The molecule has 34 heavy (non-hydrogen) atoms.